The molecule has 0 aliphatic carbocycles. The predicted molar refractivity (Wildman–Crippen MR) is 52.8 cm³/mol. The van der Waals surface area contributed by atoms with E-state index in [-0.39, 0.29) is 21.1 Å². The number of rotatable bonds is 1. The van der Waals surface area contributed by atoms with E-state index in [1.165, 1.54) is 0 Å². The van der Waals surface area contributed by atoms with Crippen LogP contribution in [0.25, 0.3) is 0 Å². The van der Waals surface area contributed by atoms with Gasteiger partial charge in [0.05, 0.1) is 0 Å². The summed E-state index contributed by atoms with van der Waals surface area (Å²) in [5.74, 6) is 0.516. The molecule has 0 aromatic carbocycles. The van der Waals surface area contributed by atoms with Gasteiger partial charge in [-0.15, -0.1) is 0 Å². The molecule has 0 aliphatic heterocycles. The molecule has 1 aromatic rings. The molecule has 0 fully saturated rings. The Labute approximate surface area is 96.2 Å². The molecular weight excluding hydrogens is 330 g/mol. The van der Waals surface area contributed by atoms with E-state index in [1.54, 1.807) is 6.20 Å². The maximum Gasteiger partial charge on any atom is 2.00 e. The topological polar surface area (TPSA) is 12.9 Å². The molecule has 2 heteroatoms. The zero-order valence-electron chi connectivity index (χ0n) is 8.74. The Bertz CT molecular complexity index is 185. The molecule has 0 N–H and O–H groups in total. The molecule has 1 heterocycles. The van der Waals surface area contributed by atoms with E-state index < -0.39 is 0 Å². The number of pyridine rings is 1. The van der Waals surface area contributed by atoms with Crippen molar-refractivity contribution in [2.75, 3.05) is 0 Å². The van der Waals surface area contributed by atoms with Gasteiger partial charge < -0.3 is 11.4 Å². The Morgan fingerprint density at radius 2 is 1.92 bits per heavy atom. The molecule has 0 spiro atoms. The fourth-order valence-corrected chi connectivity index (χ4v) is 0.653. The number of hydrogen-bond donors (Lipinski definition) is 0. The third-order valence-corrected chi connectivity index (χ3v) is 1.22. The van der Waals surface area contributed by atoms with Crippen LogP contribution in [0.2, 0.25) is 0 Å². The molecule has 1 rings (SSSR count). The first-order chi connectivity index (χ1) is 5.72. The third-order valence-electron chi connectivity index (χ3n) is 1.22. The Hall–Kier alpha value is -0.162. The zero-order chi connectivity index (χ0) is 9.40. The number of nitrogens with zero attached hydrogens (tertiary/aromatic N) is 1. The van der Waals surface area contributed by atoms with Gasteiger partial charge in [-0.25, -0.2) is 0 Å². The summed E-state index contributed by atoms with van der Waals surface area (Å²) in [6.45, 7) is 8.24. The van der Waals surface area contributed by atoms with Gasteiger partial charge in [-0.05, 0) is 0 Å². The van der Waals surface area contributed by atoms with E-state index in [9.17, 15) is 0 Å². The summed E-state index contributed by atoms with van der Waals surface area (Å²) in [6.07, 6.45) is 3.77. The van der Waals surface area contributed by atoms with Crippen LogP contribution in [0.3, 0.4) is 0 Å². The number of aromatic nitrogens is 1. The molecule has 0 amide bonds. The predicted octanol–water partition coefficient (Wildman–Crippen LogP) is 3.23. The standard InChI is InChI=1S/C8H10N.C3H7.W/c1-7(2)8-5-3-4-6-9-8;1-3-2;/h4-7H,1-2H3;3H,1-2H3;/q2*-1;+2. The van der Waals surface area contributed by atoms with Crippen molar-refractivity contribution in [2.45, 2.75) is 33.6 Å². The van der Waals surface area contributed by atoms with Crippen molar-refractivity contribution in [3.63, 3.8) is 0 Å². The first kappa shape index (κ1) is 15.3. The smallest absolute Gasteiger partial charge is 0.387 e. The second-order valence-corrected chi connectivity index (χ2v) is 2.91. The van der Waals surface area contributed by atoms with Gasteiger partial charge in [0.1, 0.15) is 0 Å². The minimum Gasteiger partial charge on any atom is -0.387 e. The summed E-state index contributed by atoms with van der Waals surface area (Å²) < 4.78 is 0. The summed E-state index contributed by atoms with van der Waals surface area (Å²) >= 11 is 0. The van der Waals surface area contributed by atoms with Crippen LogP contribution in [0, 0.1) is 12.5 Å². The molecule has 1 aromatic heterocycles. The van der Waals surface area contributed by atoms with Gasteiger partial charge >= 0.3 is 21.1 Å². The van der Waals surface area contributed by atoms with Crippen molar-refractivity contribution < 1.29 is 21.1 Å². The largest absolute Gasteiger partial charge is 2.00 e. The molecule has 1 nitrogen and oxygen atoms in total. The fourth-order valence-electron chi connectivity index (χ4n) is 0.653. The Morgan fingerprint density at radius 3 is 2.15 bits per heavy atom. The van der Waals surface area contributed by atoms with Crippen molar-refractivity contribution in [3.8, 4) is 0 Å². The third kappa shape index (κ3) is 8.18. The van der Waals surface area contributed by atoms with Crippen LogP contribution in [-0.2, 0) is 21.1 Å². The van der Waals surface area contributed by atoms with E-state index in [1.807, 2.05) is 32.4 Å². The van der Waals surface area contributed by atoms with Gasteiger partial charge in [0.25, 0.3) is 0 Å². The quantitative estimate of drug-likeness (QED) is 0.711. The second-order valence-electron chi connectivity index (χ2n) is 2.91. The van der Waals surface area contributed by atoms with Crippen LogP contribution in [0.15, 0.2) is 18.3 Å². The second kappa shape index (κ2) is 9.92. The first-order valence-electron chi connectivity index (χ1n) is 4.28. The fraction of sp³-hybridized carbons (Fsp3) is 0.455. The minimum absolute atomic E-state index is 0. The van der Waals surface area contributed by atoms with Gasteiger partial charge in [0, 0.05) is 0 Å². The molecule has 13 heavy (non-hydrogen) atoms. The molecule has 0 aliphatic rings. The average molecular weight is 347 g/mol. The van der Waals surface area contributed by atoms with Crippen LogP contribution in [0.1, 0.15) is 39.3 Å². The maximum atomic E-state index is 4.15. The number of hydrogen-bond acceptors (Lipinski definition) is 1. The van der Waals surface area contributed by atoms with Crippen molar-refractivity contribution >= 4 is 0 Å². The molecular formula is C11H17NW. The minimum atomic E-state index is 0. The Balaban J connectivity index is 0. The summed E-state index contributed by atoms with van der Waals surface area (Å²) in [5.41, 5.74) is 1.11. The van der Waals surface area contributed by atoms with Gasteiger partial charge in [-0.1, -0.05) is 31.7 Å². The molecule has 0 radical (unpaired) electrons. The average Bonchev–Trinajstić information content (AvgIpc) is 2.07. The van der Waals surface area contributed by atoms with Crippen molar-refractivity contribution in [1.29, 1.82) is 0 Å². The van der Waals surface area contributed by atoms with Crippen molar-refractivity contribution in [3.05, 3.63) is 36.5 Å². The van der Waals surface area contributed by atoms with E-state index in [0.29, 0.717) is 5.92 Å². The first-order valence-corrected chi connectivity index (χ1v) is 4.28. The monoisotopic (exact) mass is 347 g/mol. The van der Waals surface area contributed by atoms with E-state index in [2.05, 4.69) is 24.9 Å². The molecule has 0 saturated carbocycles. The summed E-state index contributed by atoms with van der Waals surface area (Å²) in [6, 6.07) is 6.71. The molecule has 72 valence electrons. The zero-order valence-corrected chi connectivity index (χ0v) is 11.7. The molecule has 0 unspecified atom stereocenters. The summed E-state index contributed by atoms with van der Waals surface area (Å²) in [5, 5.41) is 0. The molecule has 0 saturated heterocycles. The van der Waals surface area contributed by atoms with Gasteiger partial charge in [-0.2, -0.15) is 32.0 Å². The van der Waals surface area contributed by atoms with Crippen molar-refractivity contribution in [2.24, 2.45) is 0 Å². The maximum absolute atomic E-state index is 4.15. The van der Waals surface area contributed by atoms with E-state index in [4.69, 9.17) is 0 Å². The van der Waals surface area contributed by atoms with Crippen LogP contribution >= 0.6 is 0 Å². The van der Waals surface area contributed by atoms with Crippen molar-refractivity contribution in [1.82, 2.24) is 4.98 Å². The van der Waals surface area contributed by atoms with E-state index in [0.717, 1.165) is 5.69 Å². The Kier molecular flexibility index (Phi) is 11.7. The van der Waals surface area contributed by atoms with Crippen LogP contribution < -0.4 is 0 Å². The SMILES string of the molecule is CC(C)c1c[c-]ccn1.C[CH-]C.[W+2]. The normalized spacial score (nSPS) is 8.38. The van der Waals surface area contributed by atoms with Crippen LogP contribution in [-0.4, -0.2) is 4.98 Å². The van der Waals surface area contributed by atoms with E-state index >= 15 is 0 Å². The molecule has 0 atom stereocenters. The van der Waals surface area contributed by atoms with Gasteiger partial charge in [-0.3, -0.25) is 0 Å². The van der Waals surface area contributed by atoms with Crippen LogP contribution in [0.5, 0.6) is 0 Å². The van der Waals surface area contributed by atoms with Gasteiger partial charge in [0.15, 0.2) is 0 Å². The molecule has 0 bridgehead atoms. The van der Waals surface area contributed by atoms with Gasteiger partial charge in [0.2, 0.25) is 0 Å². The summed E-state index contributed by atoms with van der Waals surface area (Å²) in [7, 11) is 0. The Morgan fingerprint density at radius 1 is 1.38 bits per heavy atom. The summed E-state index contributed by atoms with van der Waals surface area (Å²) in [4.78, 5) is 4.15. The van der Waals surface area contributed by atoms with Crippen LogP contribution in [0.4, 0.5) is 0 Å².